The van der Waals surface area contributed by atoms with Crippen LogP contribution in [0.4, 0.5) is 0 Å². The zero-order valence-corrected chi connectivity index (χ0v) is 25.7. The Kier molecular flexibility index (Phi) is 61.2. The van der Waals surface area contributed by atoms with Crippen molar-refractivity contribution >= 4 is 175 Å². The minimum absolute atomic E-state index is 0. The second-order valence-corrected chi connectivity index (χ2v) is 6.78. The molecule has 0 aromatic carbocycles. The molecule has 0 atom stereocenters. The van der Waals surface area contributed by atoms with E-state index in [0.29, 0.717) is 6.42 Å². The van der Waals surface area contributed by atoms with Gasteiger partial charge in [0.1, 0.15) is 0 Å². The van der Waals surface area contributed by atoms with E-state index in [0.717, 1.165) is 19.3 Å². The summed E-state index contributed by atoms with van der Waals surface area (Å²) in [7, 11) is -13.0. The van der Waals surface area contributed by atoms with Gasteiger partial charge in [0.05, 0.1) is 0 Å². The molecule has 0 saturated heterocycles. The van der Waals surface area contributed by atoms with E-state index in [1.807, 2.05) is 0 Å². The Bertz CT molecular complexity index is 304. The van der Waals surface area contributed by atoms with Crippen molar-refractivity contribution < 1.29 is 48.3 Å². The number of rotatable bonds is 7. The maximum Gasteiger partial charge on any atom is 2.00 e. The molecule has 0 aliphatic heterocycles. The molecule has 0 heterocycles. The second kappa shape index (κ2) is 31.8. The molecule has 0 aromatic heterocycles. The van der Waals surface area contributed by atoms with Crippen molar-refractivity contribution in [2.24, 2.45) is 0 Å². The fourth-order valence-electron chi connectivity index (χ4n) is 1.09. The van der Waals surface area contributed by atoms with Gasteiger partial charge in [-0.3, -0.25) is 0 Å². The van der Waals surface area contributed by atoms with Crippen LogP contribution in [0, 0.1) is 0 Å². The van der Waals surface area contributed by atoms with Crippen molar-refractivity contribution in [3.63, 3.8) is 0 Å². The van der Waals surface area contributed by atoms with Crippen LogP contribution in [0.15, 0.2) is 0 Å². The van der Waals surface area contributed by atoms with Crippen LogP contribution in [0.3, 0.4) is 0 Å². The molecule has 0 aliphatic carbocycles. The van der Waals surface area contributed by atoms with Crippen LogP contribution in [0.25, 0.3) is 0 Å². The number of hydrogen-bond donors (Lipinski definition) is 0. The van der Waals surface area contributed by atoms with Gasteiger partial charge in [-0.25, -0.2) is 0 Å². The first-order chi connectivity index (χ1) is 9.29. The van der Waals surface area contributed by atoms with Crippen molar-refractivity contribution in [2.75, 3.05) is 6.16 Å². The summed E-state index contributed by atoms with van der Waals surface area (Å²) in [6.07, 6.45) is 5.82. The molecule has 0 N–H and O–H groups in total. The third-order valence-corrected chi connectivity index (χ3v) is 2.65. The summed E-state index contributed by atoms with van der Waals surface area (Å²) in [6, 6.07) is 0. The molecular formula is C8H17Ca4O10P3. The smallest absolute Gasteiger partial charge is 0.854 e. The zero-order valence-electron chi connectivity index (χ0n) is 14.2. The average Bonchev–Trinajstić information content (AvgIpc) is 2.18. The first-order valence-electron chi connectivity index (χ1n) is 5.85. The van der Waals surface area contributed by atoms with E-state index < -0.39 is 24.0 Å². The Morgan fingerprint density at radius 2 is 0.920 bits per heavy atom. The van der Waals surface area contributed by atoms with E-state index >= 15 is 0 Å². The SMILES string of the molecule is CCCCCCCCP(=O)([O-])[O-].O=P([O-])([O-])[O-].[Ca+2].[Ca+2].[Ca+2].[Ca+2].[O-]P([O-])[O-]. The summed E-state index contributed by atoms with van der Waals surface area (Å²) in [5.41, 5.74) is 0. The van der Waals surface area contributed by atoms with E-state index in [1.54, 1.807) is 0 Å². The normalized spacial score (nSPS) is 9.52. The van der Waals surface area contributed by atoms with Crippen LogP contribution in [0.5, 0.6) is 0 Å². The number of unbranched alkanes of at least 4 members (excludes halogenated alkanes) is 5. The molecule has 132 valence electrons. The van der Waals surface area contributed by atoms with Crippen molar-refractivity contribution in [1.29, 1.82) is 0 Å². The van der Waals surface area contributed by atoms with Crippen LogP contribution in [0.2, 0.25) is 0 Å². The van der Waals surface area contributed by atoms with E-state index in [-0.39, 0.29) is 157 Å². The fraction of sp³-hybridized carbons (Fsp3) is 1.00. The number of phosphoric acid groups is 1. The van der Waals surface area contributed by atoms with Gasteiger partial charge in [-0.1, -0.05) is 46.6 Å². The van der Waals surface area contributed by atoms with Gasteiger partial charge in [-0.05, 0) is 12.6 Å². The summed E-state index contributed by atoms with van der Waals surface area (Å²) < 4.78 is 18.7. The van der Waals surface area contributed by atoms with Crippen LogP contribution in [0.1, 0.15) is 45.4 Å². The Labute approximate surface area is 269 Å². The van der Waals surface area contributed by atoms with Crippen molar-refractivity contribution in [1.82, 2.24) is 0 Å². The molecule has 0 amide bonds. The monoisotopic (exact) mass is 526 g/mol. The van der Waals surface area contributed by atoms with Crippen LogP contribution >= 0.6 is 24.0 Å². The molecule has 17 heteroatoms. The minimum Gasteiger partial charge on any atom is -0.854 e. The quantitative estimate of drug-likeness (QED) is 0.174. The van der Waals surface area contributed by atoms with E-state index in [2.05, 4.69) is 6.92 Å². The Hall–Kier alpha value is 5.61. The summed E-state index contributed by atoms with van der Waals surface area (Å²) in [5.74, 6) is 0. The summed E-state index contributed by atoms with van der Waals surface area (Å²) in [5, 5.41) is 0. The molecule has 0 aromatic rings. The molecule has 0 saturated carbocycles. The van der Waals surface area contributed by atoms with Crippen LogP contribution in [-0.2, 0) is 9.13 Å². The van der Waals surface area contributed by atoms with Gasteiger partial charge < -0.3 is 56.9 Å². The van der Waals surface area contributed by atoms with Gasteiger partial charge in [0, 0.05) is 0 Å². The van der Waals surface area contributed by atoms with Crippen molar-refractivity contribution in [2.45, 2.75) is 45.4 Å². The maximum atomic E-state index is 10.2. The van der Waals surface area contributed by atoms with Gasteiger partial charge >= 0.3 is 151 Å². The maximum absolute atomic E-state index is 10.2. The van der Waals surface area contributed by atoms with E-state index in [1.165, 1.54) is 12.8 Å². The van der Waals surface area contributed by atoms with Crippen molar-refractivity contribution in [3.8, 4) is 0 Å². The third-order valence-electron chi connectivity index (χ3n) is 1.79. The van der Waals surface area contributed by atoms with Crippen molar-refractivity contribution in [3.05, 3.63) is 0 Å². The Morgan fingerprint density at radius 3 is 1.16 bits per heavy atom. The fourth-order valence-corrected chi connectivity index (χ4v) is 1.70. The first-order valence-corrected chi connectivity index (χ1v) is 10.1. The predicted molar refractivity (Wildman–Crippen MR) is 83.4 cm³/mol. The molecule has 0 bridgehead atoms. The predicted octanol–water partition coefficient (Wildman–Crippen LogP) is -5.79. The van der Waals surface area contributed by atoms with Gasteiger partial charge in [0.2, 0.25) is 0 Å². The van der Waals surface area contributed by atoms with Gasteiger partial charge in [-0.15, -0.1) is 0 Å². The van der Waals surface area contributed by atoms with Gasteiger partial charge in [-0.2, -0.15) is 7.82 Å². The molecule has 0 radical (unpaired) electrons. The molecule has 0 fully saturated rings. The molecule has 0 spiro atoms. The van der Waals surface area contributed by atoms with E-state index in [9.17, 15) is 14.4 Å². The summed E-state index contributed by atoms with van der Waals surface area (Å²) in [4.78, 5) is 71.5. The molecule has 0 aliphatic rings. The molecule has 0 unspecified atom stereocenters. The molecule has 0 rings (SSSR count). The third kappa shape index (κ3) is 106. The number of hydrogen-bond acceptors (Lipinski definition) is 10. The molecular weight excluding hydrogens is 509 g/mol. The topological polar surface area (TPSA) is 219 Å². The summed E-state index contributed by atoms with van der Waals surface area (Å²) in [6.45, 7) is 2.13. The van der Waals surface area contributed by atoms with Gasteiger partial charge in [0.15, 0.2) is 0 Å². The largest absolute Gasteiger partial charge is 2.00 e. The average molecular weight is 526 g/mol. The zero-order chi connectivity index (χ0) is 17.5. The van der Waals surface area contributed by atoms with Crippen LogP contribution in [-0.4, -0.2) is 157 Å². The van der Waals surface area contributed by atoms with Gasteiger partial charge in [0.25, 0.3) is 0 Å². The standard InChI is InChI=1S/C8H19O3P.4Ca.H3O4P.O3P/c1-2-3-4-5-6-7-8-12(9,10)11;;;;;1-5(2,3)4;1-4(2)3/h2-8H2,1H3,(H2,9,10,11);;;;;(H3,1,2,3,4);/q;4*+2;;-3/p-5. The Morgan fingerprint density at radius 1 is 0.680 bits per heavy atom. The molecule has 10 nitrogen and oxygen atoms in total. The summed E-state index contributed by atoms with van der Waals surface area (Å²) >= 11 is 0. The first kappa shape index (κ1) is 48.1. The second-order valence-electron chi connectivity index (χ2n) is 3.77. The Balaban J connectivity index is -0.0000000428. The molecule has 25 heavy (non-hydrogen) atoms. The van der Waals surface area contributed by atoms with E-state index in [4.69, 9.17) is 33.9 Å². The van der Waals surface area contributed by atoms with Crippen LogP contribution < -0.4 is 39.1 Å². The minimum atomic E-state index is -5.39.